The number of benzene rings is 1. The normalized spacial score (nSPS) is 23.1. The van der Waals surface area contributed by atoms with Crippen LogP contribution in [0.2, 0.25) is 0 Å². The number of hydrogen-bond acceptors (Lipinski definition) is 2. The number of nitrogens with two attached hydrogens (primary N) is 1. The van der Waals surface area contributed by atoms with Gasteiger partial charge >= 0.3 is 0 Å². The Morgan fingerprint density at radius 3 is 2.84 bits per heavy atom. The van der Waals surface area contributed by atoms with Gasteiger partial charge in [0.05, 0.1) is 0 Å². The molecule has 106 valence electrons. The van der Waals surface area contributed by atoms with E-state index < -0.39 is 0 Å². The highest BCUT2D eigenvalue weighted by Gasteiger charge is 2.22. The van der Waals surface area contributed by atoms with E-state index in [9.17, 15) is 4.39 Å². The van der Waals surface area contributed by atoms with Gasteiger partial charge in [-0.2, -0.15) is 0 Å². The van der Waals surface area contributed by atoms with Gasteiger partial charge in [-0.25, -0.2) is 4.39 Å². The lowest BCUT2D eigenvalue weighted by Gasteiger charge is -2.30. The Balaban J connectivity index is 2.16. The quantitative estimate of drug-likeness (QED) is 0.908. The SMILES string of the molecule is Cc1cc(C(CN)N2CCCC(C)CC2)ccc1F. The van der Waals surface area contributed by atoms with Gasteiger partial charge in [-0.1, -0.05) is 19.1 Å². The second kappa shape index (κ2) is 6.49. The third-order valence-corrected chi connectivity index (χ3v) is 4.28. The van der Waals surface area contributed by atoms with E-state index in [0.717, 1.165) is 24.6 Å². The van der Waals surface area contributed by atoms with Crippen molar-refractivity contribution in [3.63, 3.8) is 0 Å². The maximum atomic E-state index is 13.4. The number of halogens is 1. The molecule has 0 bridgehead atoms. The zero-order valence-corrected chi connectivity index (χ0v) is 12.0. The van der Waals surface area contributed by atoms with Crippen molar-refractivity contribution < 1.29 is 4.39 Å². The first-order valence-electron chi connectivity index (χ1n) is 7.32. The van der Waals surface area contributed by atoms with Gasteiger partial charge in [0.15, 0.2) is 0 Å². The summed E-state index contributed by atoms with van der Waals surface area (Å²) in [4.78, 5) is 2.47. The molecule has 1 aromatic rings. The lowest BCUT2D eigenvalue weighted by molar-refractivity contribution is 0.207. The molecule has 1 aliphatic heterocycles. The van der Waals surface area contributed by atoms with E-state index in [1.807, 2.05) is 19.1 Å². The van der Waals surface area contributed by atoms with E-state index in [1.54, 1.807) is 6.07 Å². The van der Waals surface area contributed by atoms with Crippen molar-refractivity contribution in [3.8, 4) is 0 Å². The first-order valence-corrected chi connectivity index (χ1v) is 7.32. The van der Waals surface area contributed by atoms with Gasteiger partial charge in [-0.05, 0) is 62.4 Å². The Morgan fingerprint density at radius 1 is 1.37 bits per heavy atom. The van der Waals surface area contributed by atoms with Crippen LogP contribution in [0.25, 0.3) is 0 Å². The van der Waals surface area contributed by atoms with E-state index in [1.165, 1.54) is 19.3 Å². The van der Waals surface area contributed by atoms with E-state index in [-0.39, 0.29) is 11.9 Å². The highest BCUT2D eigenvalue weighted by molar-refractivity contribution is 5.27. The van der Waals surface area contributed by atoms with Crippen molar-refractivity contribution in [2.75, 3.05) is 19.6 Å². The van der Waals surface area contributed by atoms with Crippen LogP contribution in [0.1, 0.15) is 43.4 Å². The highest BCUT2D eigenvalue weighted by atomic mass is 19.1. The summed E-state index contributed by atoms with van der Waals surface area (Å²) in [5.41, 5.74) is 7.83. The summed E-state index contributed by atoms with van der Waals surface area (Å²) in [7, 11) is 0. The monoisotopic (exact) mass is 264 g/mol. The van der Waals surface area contributed by atoms with Crippen LogP contribution < -0.4 is 5.73 Å². The lowest BCUT2D eigenvalue weighted by Crippen LogP contribution is -2.34. The number of hydrogen-bond donors (Lipinski definition) is 1. The molecule has 0 amide bonds. The molecule has 2 rings (SSSR count). The molecule has 3 heteroatoms. The molecule has 19 heavy (non-hydrogen) atoms. The van der Waals surface area contributed by atoms with Crippen LogP contribution in [0.15, 0.2) is 18.2 Å². The molecule has 2 nitrogen and oxygen atoms in total. The molecule has 2 N–H and O–H groups in total. The largest absolute Gasteiger partial charge is 0.329 e. The molecular weight excluding hydrogens is 239 g/mol. The maximum absolute atomic E-state index is 13.4. The summed E-state index contributed by atoms with van der Waals surface area (Å²) in [6.45, 7) is 6.93. The van der Waals surface area contributed by atoms with Crippen molar-refractivity contribution in [2.24, 2.45) is 11.7 Å². The van der Waals surface area contributed by atoms with Crippen LogP contribution in [0.4, 0.5) is 4.39 Å². The van der Waals surface area contributed by atoms with Crippen molar-refractivity contribution in [1.29, 1.82) is 0 Å². The van der Waals surface area contributed by atoms with Gasteiger partial charge in [0.25, 0.3) is 0 Å². The van der Waals surface area contributed by atoms with Gasteiger partial charge in [-0.15, -0.1) is 0 Å². The highest BCUT2D eigenvalue weighted by Crippen LogP contribution is 2.26. The smallest absolute Gasteiger partial charge is 0.126 e. The van der Waals surface area contributed by atoms with E-state index in [2.05, 4.69) is 11.8 Å². The summed E-state index contributed by atoms with van der Waals surface area (Å²) in [6.07, 6.45) is 3.77. The van der Waals surface area contributed by atoms with E-state index in [0.29, 0.717) is 12.1 Å². The third kappa shape index (κ3) is 3.54. The first kappa shape index (κ1) is 14.5. The lowest BCUT2D eigenvalue weighted by atomic mass is 10.0. The maximum Gasteiger partial charge on any atom is 0.126 e. The summed E-state index contributed by atoms with van der Waals surface area (Å²) >= 11 is 0. The Bertz CT molecular complexity index is 419. The minimum Gasteiger partial charge on any atom is -0.329 e. The van der Waals surface area contributed by atoms with Crippen LogP contribution in [-0.4, -0.2) is 24.5 Å². The molecule has 0 saturated carbocycles. The Labute approximate surface area is 115 Å². The molecular formula is C16H25FN2. The molecule has 0 spiro atoms. The molecule has 0 radical (unpaired) electrons. The average Bonchev–Trinajstić information content (AvgIpc) is 2.60. The summed E-state index contributed by atoms with van der Waals surface area (Å²) in [5.74, 6) is 0.669. The van der Waals surface area contributed by atoms with Crippen LogP contribution in [0.5, 0.6) is 0 Å². The standard InChI is InChI=1S/C16H25FN2/c1-12-4-3-8-19(9-7-12)16(11-18)14-5-6-15(17)13(2)10-14/h5-6,10,12,16H,3-4,7-9,11,18H2,1-2H3. The number of likely N-dealkylation sites (tertiary alicyclic amines) is 1. The minimum atomic E-state index is -0.135. The van der Waals surface area contributed by atoms with E-state index in [4.69, 9.17) is 5.73 Å². The fraction of sp³-hybridized carbons (Fsp3) is 0.625. The van der Waals surface area contributed by atoms with Gasteiger partial charge in [0, 0.05) is 12.6 Å². The van der Waals surface area contributed by atoms with Crippen molar-refractivity contribution >= 4 is 0 Å². The van der Waals surface area contributed by atoms with Gasteiger partial charge in [-0.3, -0.25) is 4.90 Å². The van der Waals surface area contributed by atoms with Crippen LogP contribution in [-0.2, 0) is 0 Å². The molecule has 1 aliphatic rings. The van der Waals surface area contributed by atoms with Gasteiger partial charge in [0.2, 0.25) is 0 Å². The van der Waals surface area contributed by atoms with Gasteiger partial charge in [0.1, 0.15) is 5.82 Å². The first-order chi connectivity index (χ1) is 9.11. The average molecular weight is 264 g/mol. The predicted molar refractivity (Wildman–Crippen MR) is 77.5 cm³/mol. The Morgan fingerprint density at radius 2 is 2.16 bits per heavy atom. The second-order valence-corrected chi connectivity index (χ2v) is 5.83. The molecule has 1 fully saturated rings. The second-order valence-electron chi connectivity index (χ2n) is 5.83. The molecule has 1 saturated heterocycles. The van der Waals surface area contributed by atoms with Crippen molar-refractivity contribution in [2.45, 2.75) is 39.2 Å². The van der Waals surface area contributed by atoms with Crippen molar-refractivity contribution in [1.82, 2.24) is 4.90 Å². The Hall–Kier alpha value is -0.930. The fourth-order valence-electron chi connectivity index (χ4n) is 2.97. The summed E-state index contributed by atoms with van der Waals surface area (Å²) < 4.78 is 13.4. The molecule has 1 aromatic carbocycles. The summed E-state index contributed by atoms with van der Waals surface area (Å²) in [5, 5.41) is 0. The number of aryl methyl sites for hydroxylation is 1. The summed E-state index contributed by atoms with van der Waals surface area (Å²) in [6, 6.07) is 5.62. The zero-order chi connectivity index (χ0) is 13.8. The molecule has 1 heterocycles. The molecule has 2 atom stereocenters. The predicted octanol–water partition coefficient (Wildman–Crippen LogP) is 3.26. The van der Waals surface area contributed by atoms with Crippen LogP contribution in [0, 0.1) is 18.7 Å². The molecule has 2 unspecified atom stereocenters. The van der Waals surface area contributed by atoms with Gasteiger partial charge < -0.3 is 5.73 Å². The number of nitrogens with zero attached hydrogens (tertiary/aromatic N) is 1. The van der Waals surface area contributed by atoms with Crippen LogP contribution in [0.3, 0.4) is 0 Å². The minimum absolute atomic E-state index is 0.135. The van der Waals surface area contributed by atoms with E-state index >= 15 is 0 Å². The zero-order valence-electron chi connectivity index (χ0n) is 12.0. The molecule has 0 aromatic heterocycles. The topological polar surface area (TPSA) is 29.3 Å². The Kier molecular flexibility index (Phi) is 4.94. The fourth-order valence-corrected chi connectivity index (χ4v) is 2.97. The molecule has 0 aliphatic carbocycles. The number of rotatable bonds is 3. The third-order valence-electron chi connectivity index (χ3n) is 4.28. The van der Waals surface area contributed by atoms with Crippen molar-refractivity contribution in [3.05, 3.63) is 35.1 Å². The van der Waals surface area contributed by atoms with Crippen LogP contribution >= 0.6 is 0 Å².